The highest BCUT2D eigenvalue weighted by Crippen LogP contribution is 2.08. The van der Waals surface area contributed by atoms with Crippen LogP contribution in [0.4, 0.5) is 23.1 Å². The number of rotatable bonds is 0. The summed E-state index contributed by atoms with van der Waals surface area (Å²) in [6.07, 6.45) is 4.64. The molecular formula is C9H13N7. The van der Waals surface area contributed by atoms with E-state index in [9.17, 15) is 0 Å². The molecule has 2 aromatic heterocycles. The highest BCUT2D eigenvalue weighted by molar-refractivity contribution is 5.60. The molecule has 0 aliphatic carbocycles. The van der Waals surface area contributed by atoms with Gasteiger partial charge in [-0.2, -0.15) is 4.98 Å². The Kier molecular flexibility index (Phi) is 3.84. The Hall–Kier alpha value is -2.57. The van der Waals surface area contributed by atoms with E-state index in [4.69, 9.17) is 22.9 Å². The highest BCUT2D eigenvalue weighted by Gasteiger charge is 1.86. The molecule has 0 radical (unpaired) electrons. The zero-order valence-electron chi connectivity index (χ0n) is 8.54. The minimum Gasteiger partial charge on any atom is -0.397 e. The van der Waals surface area contributed by atoms with Gasteiger partial charge >= 0.3 is 0 Å². The van der Waals surface area contributed by atoms with Crippen molar-refractivity contribution < 1.29 is 0 Å². The topological polar surface area (TPSA) is 143 Å². The third-order valence-corrected chi connectivity index (χ3v) is 1.58. The lowest BCUT2D eigenvalue weighted by atomic mass is 10.4. The van der Waals surface area contributed by atoms with E-state index in [-0.39, 0.29) is 5.95 Å². The van der Waals surface area contributed by atoms with Crippen LogP contribution in [0.15, 0.2) is 30.7 Å². The van der Waals surface area contributed by atoms with Gasteiger partial charge in [0.05, 0.1) is 17.6 Å². The van der Waals surface area contributed by atoms with Crippen LogP contribution in [0.3, 0.4) is 0 Å². The van der Waals surface area contributed by atoms with Gasteiger partial charge in [-0.15, -0.1) is 0 Å². The smallest absolute Gasteiger partial charge is 0.221 e. The van der Waals surface area contributed by atoms with Crippen LogP contribution >= 0.6 is 0 Å². The van der Waals surface area contributed by atoms with Crippen LogP contribution in [0.5, 0.6) is 0 Å². The van der Waals surface area contributed by atoms with E-state index in [1.807, 2.05) is 0 Å². The number of hydrogen-bond acceptors (Lipinski definition) is 7. The number of pyridine rings is 1. The first kappa shape index (κ1) is 11.5. The summed E-state index contributed by atoms with van der Waals surface area (Å²) in [5, 5.41) is 0. The summed E-state index contributed by atoms with van der Waals surface area (Å²) in [7, 11) is 0. The SMILES string of the molecule is Nc1ccnc(N)n1.Nc1ccncc1N. The first-order valence-corrected chi connectivity index (χ1v) is 4.38. The Bertz CT molecular complexity index is 419. The van der Waals surface area contributed by atoms with Crippen LogP contribution in [0.25, 0.3) is 0 Å². The fourth-order valence-corrected chi connectivity index (χ4v) is 0.806. The molecule has 7 heteroatoms. The van der Waals surface area contributed by atoms with Crippen molar-refractivity contribution in [2.24, 2.45) is 0 Å². The van der Waals surface area contributed by atoms with Crippen molar-refractivity contribution in [3.05, 3.63) is 30.7 Å². The lowest BCUT2D eigenvalue weighted by Gasteiger charge is -1.93. The molecule has 7 nitrogen and oxygen atoms in total. The van der Waals surface area contributed by atoms with Crippen LogP contribution < -0.4 is 22.9 Å². The van der Waals surface area contributed by atoms with E-state index in [0.29, 0.717) is 17.2 Å². The number of hydrogen-bond donors (Lipinski definition) is 4. The maximum atomic E-state index is 5.35. The summed E-state index contributed by atoms with van der Waals surface area (Å²) in [6.45, 7) is 0. The second-order valence-electron chi connectivity index (χ2n) is 2.84. The van der Waals surface area contributed by atoms with Gasteiger partial charge in [-0.05, 0) is 12.1 Å². The van der Waals surface area contributed by atoms with Gasteiger partial charge in [0.1, 0.15) is 5.82 Å². The fourth-order valence-electron chi connectivity index (χ4n) is 0.806. The zero-order valence-corrected chi connectivity index (χ0v) is 8.54. The largest absolute Gasteiger partial charge is 0.397 e. The van der Waals surface area contributed by atoms with Crippen molar-refractivity contribution >= 4 is 23.1 Å². The highest BCUT2D eigenvalue weighted by atomic mass is 15.0. The first-order valence-electron chi connectivity index (χ1n) is 4.38. The van der Waals surface area contributed by atoms with E-state index < -0.39 is 0 Å². The Balaban J connectivity index is 0.000000160. The molecule has 0 atom stereocenters. The maximum Gasteiger partial charge on any atom is 0.221 e. The molecule has 2 heterocycles. The first-order chi connectivity index (χ1) is 7.59. The molecule has 0 saturated carbocycles. The van der Waals surface area contributed by atoms with Crippen molar-refractivity contribution in [2.75, 3.05) is 22.9 Å². The van der Waals surface area contributed by atoms with Crippen LogP contribution in [-0.2, 0) is 0 Å². The molecule has 8 N–H and O–H groups in total. The van der Waals surface area contributed by atoms with Crippen molar-refractivity contribution in [1.29, 1.82) is 0 Å². The second kappa shape index (κ2) is 5.35. The number of nitrogens with two attached hydrogens (primary N) is 4. The summed E-state index contributed by atoms with van der Waals surface area (Å²) in [4.78, 5) is 11.0. The van der Waals surface area contributed by atoms with E-state index in [2.05, 4.69) is 15.0 Å². The molecule has 0 aliphatic heterocycles. The molecule has 16 heavy (non-hydrogen) atoms. The molecule has 0 spiro atoms. The van der Waals surface area contributed by atoms with Gasteiger partial charge in [0.25, 0.3) is 0 Å². The summed E-state index contributed by atoms with van der Waals surface area (Å²) in [5.74, 6) is 0.613. The Morgan fingerprint density at radius 3 is 2.00 bits per heavy atom. The Morgan fingerprint density at radius 1 is 0.875 bits per heavy atom. The minimum atomic E-state index is 0.213. The predicted octanol–water partition coefficient (Wildman–Crippen LogP) is -0.113. The monoisotopic (exact) mass is 219 g/mol. The quantitative estimate of drug-likeness (QED) is 0.483. The third kappa shape index (κ3) is 3.66. The minimum absolute atomic E-state index is 0.213. The zero-order chi connectivity index (χ0) is 12.0. The van der Waals surface area contributed by atoms with Crippen LogP contribution in [0, 0.1) is 0 Å². The number of anilines is 4. The summed E-state index contributed by atoms with van der Waals surface area (Å²) >= 11 is 0. The lowest BCUT2D eigenvalue weighted by molar-refractivity contribution is 1.19. The van der Waals surface area contributed by atoms with Crippen LogP contribution in [-0.4, -0.2) is 15.0 Å². The average molecular weight is 219 g/mol. The van der Waals surface area contributed by atoms with Crippen molar-refractivity contribution in [2.45, 2.75) is 0 Å². The van der Waals surface area contributed by atoms with Gasteiger partial charge in [-0.3, -0.25) is 4.98 Å². The van der Waals surface area contributed by atoms with E-state index in [0.717, 1.165) is 0 Å². The van der Waals surface area contributed by atoms with E-state index >= 15 is 0 Å². The number of aromatic nitrogens is 3. The number of nitrogens with zero attached hydrogens (tertiary/aromatic N) is 3. The van der Waals surface area contributed by atoms with Crippen molar-refractivity contribution in [3.63, 3.8) is 0 Å². The summed E-state index contributed by atoms with van der Waals surface area (Å²) in [6, 6.07) is 3.24. The molecule has 0 unspecified atom stereocenters. The standard InChI is InChI=1S/C5H7N3.C4H6N4/c6-4-1-2-8-3-5(4)7;5-3-1-2-7-4(6)8-3/h1-3H,7H2,(H2,6,8);1-2H,(H4,5,6,7,8). The molecule has 2 aromatic rings. The number of nitrogen functional groups attached to an aromatic ring is 4. The molecular weight excluding hydrogens is 206 g/mol. The van der Waals surface area contributed by atoms with Crippen LogP contribution in [0.1, 0.15) is 0 Å². The van der Waals surface area contributed by atoms with E-state index in [1.54, 1.807) is 18.3 Å². The summed E-state index contributed by atoms with van der Waals surface area (Å²) in [5.41, 5.74) is 22.2. The van der Waals surface area contributed by atoms with E-state index in [1.165, 1.54) is 12.4 Å². The molecule has 0 bridgehead atoms. The molecule has 84 valence electrons. The molecule has 0 aromatic carbocycles. The second-order valence-corrected chi connectivity index (χ2v) is 2.84. The Morgan fingerprint density at radius 2 is 1.62 bits per heavy atom. The fraction of sp³-hybridized carbons (Fsp3) is 0. The van der Waals surface area contributed by atoms with Gasteiger partial charge in [0.2, 0.25) is 5.95 Å². The van der Waals surface area contributed by atoms with Crippen molar-refractivity contribution in [1.82, 2.24) is 15.0 Å². The molecule has 0 aliphatic rings. The normalized spacial score (nSPS) is 9.00. The van der Waals surface area contributed by atoms with Crippen LogP contribution in [0.2, 0.25) is 0 Å². The van der Waals surface area contributed by atoms with Gasteiger partial charge in [0, 0.05) is 12.4 Å². The average Bonchev–Trinajstić information content (AvgIpc) is 2.23. The molecule has 0 fully saturated rings. The Labute approximate surface area is 92.5 Å². The summed E-state index contributed by atoms with van der Waals surface area (Å²) < 4.78 is 0. The molecule has 0 amide bonds. The van der Waals surface area contributed by atoms with Gasteiger partial charge < -0.3 is 22.9 Å². The maximum absolute atomic E-state index is 5.35. The van der Waals surface area contributed by atoms with Gasteiger partial charge in [-0.1, -0.05) is 0 Å². The lowest BCUT2D eigenvalue weighted by Crippen LogP contribution is -1.96. The van der Waals surface area contributed by atoms with Gasteiger partial charge in [0.15, 0.2) is 0 Å². The third-order valence-electron chi connectivity index (χ3n) is 1.58. The predicted molar refractivity (Wildman–Crippen MR) is 63.9 cm³/mol. The van der Waals surface area contributed by atoms with Crippen molar-refractivity contribution in [3.8, 4) is 0 Å². The molecule has 2 rings (SSSR count). The molecule has 0 saturated heterocycles. The van der Waals surface area contributed by atoms with Gasteiger partial charge in [-0.25, -0.2) is 4.98 Å².